The number of sulfonamides is 1. The van der Waals surface area contributed by atoms with E-state index in [1.807, 2.05) is 37.3 Å². The molecule has 7 heteroatoms. The van der Waals surface area contributed by atoms with Crippen LogP contribution in [0.3, 0.4) is 0 Å². The van der Waals surface area contributed by atoms with Crippen LogP contribution in [-0.2, 0) is 10.0 Å². The number of fused-ring (bicyclic) bond motifs is 1. The lowest BCUT2D eigenvalue weighted by Crippen LogP contribution is -2.27. The average molecular weight is 319 g/mol. The zero-order chi connectivity index (χ0) is 14.9. The lowest BCUT2D eigenvalue weighted by molar-refractivity contribution is 0.567. The molecule has 3 rings (SSSR count). The van der Waals surface area contributed by atoms with Gasteiger partial charge in [-0.1, -0.05) is 36.4 Å². The van der Waals surface area contributed by atoms with Crippen molar-refractivity contribution >= 4 is 32.8 Å². The number of aromatic nitrogens is 2. The van der Waals surface area contributed by atoms with Gasteiger partial charge in [0, 0.05) is 6.04 Å². The van der Waals surface area contributed by atoms with Gasteiger partial charge >= 0.3 is 0 Å². The Hall–Kier alpha value is -1.83. The molecule has 1 N–H and O–H groups in total. The number of hydrogen-bond donors (Lipinski definition) is 1. The molecule has 0 aliphatic heterocycles. The van der Waals surface area contributed by atoms with Crippen LogP contribution in [0.2, 0.25) is 0 Å². The highest BCUT2D eigenvalue weighted by Crippen LogP contribution is 2.23. The van der Waals surface area contributed by atoms with E-state index in [0.29, 0.717) is 11.0 Å². The van der Waals surface area contributed by atoms with E-state index in [4.69, 9.17) is 0 Å². The summed E-state index contributed by atoms with van der Waals surface area (Å²) < 4.78 is 35.9. The van der Waals surface area contributed by atoms with Crippen LogP contribution < -0.4 is 4.72 Å². The second-order valence-electron chi connectivity index (χ2n) is 4.64. The fourth-order valence-electron chi connectivity index (χ4n) is 2.10. The standard InChI is InChI=1S/C14H13N3O2S2/c1-10(11-6-3-2-4-7-11)17-21(18,19)13-9-5-8-12-14(13)16-20-15-12/h2-10,17H,1H3. The van der Waals surface area contributed by atoms with Crippen LogP contribution in [0, 0.1) is 0 Å². The second kappa shape index (κ2) is 5.51. The van der Waals surface area contributed by atoms with Gasteiger partial charge < -0.3 is 0 Å². The Bertz CT molecular complexity index is 860. The summed E-state index contributed by atoms with van der Waals surface area (Å²) in [6.45, 7) is 1.81. The third-order valence-electron chi connectivity index (χ3n) is 3.17. The van der Waals surface area contributed by atoms with E-state index in [2.05, 4.69) is 13.5 Å². The first-order valence-corrected chi connectivity index (χ1v) is 8.58. The van der Waals surface area contributed by atoms with Crippen molar-refractivity contribution in [3.05, 3.63) is 54.1 Å². The Balaban J connectivity index is 1.96. The van der Waals surface area contributed by atoms with E-state index in [9.17, 15) is 8.42 Å². The molecular formula is C14H13N3O2S2. The summed E-state index contributed by atoms with van der Waals surface area (Å²) in [4.78, 5) is 0.163. The third-order valence-corrected chi connectivity index (χ3v) is 5.28. The van der Waals surface area contributed by atoms with Crippen LogP contribution in [0.4, 0.5) is 0 Å². The van der Waals surface area contributed by atoms with Gasteiger partial charge in [0.2, 0.25) is 10.0 Å². The molecule has 21 heavy (non-hydrogen) atoms. The van der Waals surface area contributed by atoms with Gasteiger partial charge in [0.05, 0.1) is 11.7 Å². The van der Waals surface area contributed by atoms with Crippen molar-refractivity contribution in [1.29, 1.82) is 0 Å². The van der Waals surface area contributed by atoms with Crippen molar-refractivity contribution in [1.82, 2.24) is 13.5 Å². The lowest BCUT2D eigenvalue weighted by Gasteiger charge is -2.14. The Morgan fingerprint density at radius 1 is 1.05 bits per heavy atom. The Morgan fingerprint density at radius 3 is 2.57 bits per heavy atom. The van der Waals surface area contributed by atoms with Crippen molar-refractivity contribution in [2.75, 3.05) is 0 Å². The van der Waals surface area contributed by atoms with Crippen LogP contribution in [0.5, 0.6) is 0 Å². The van der Waals surface area contributed by atoms with Crippen molar-refractivity contribution in [2.24, 2.45) is 0 Å². The third kappa shape index (κ3) is 2.80. The SMILES string of the molecule is CC(NS(=O)(=O)c1cccc2nsnc12)c1ccccc1. The largest absolute Gasteiger partial charge is 0.243 e. The predicted molar refractivity (Wildman–Crippen MR) is 82.6 cm³/mol. The summed E-state index contributed by atoms with van der Waals surface area (Å²) in [5.41, 5.74) is 1.91. The molecule has 1 aromatic heterocycles. The molecule has 1 unspecified atom stereocenters. The number of nitrogens with one attached hydrogen (secondary N) is 1. The fourth-order valence-corrected chi connectivity index (χ4v) is 4.10. The first kappa shape index (κ1) is 14.1. The number of nitrogens with zero attached hydrogens (tertiary/aromatic N) is 2. The molecule has 1 heterocycles. The van der Waals surface area contributed by atoms with Crippen molar-refractivity contribution in [3.63, 3.8) is 0 Å². The van der Waals surface area contributed by atoms with E-state index < -0.39 is 10.0 Å². The van der Waals surface area contributed by atoms with E-state index in [1.165, 1.54) is 0 Å². The highest BCUT2D eigenvalue weighted by Gasteiger charge is 2.22. The van der Waals surface area contributed by atoms with Crippen molar-refractivity contribution < 1.29 is 8.42 Å². The minimum absolute atomic E-state index is 0.163. The molecular weight excluding hydrogens is 306 g/mol. The lowest BCUT2D eigenvalue weighted by atomic mass is 10.1. The van der Waals surface area contributed by atoms with E-state index >= 15 is 0 Å². The molecule has 0 amide bonds. The molecule has 0 spiro atoms. The van der Waals surface area contributed by atoms with Gasteiger partial charge in [-0.15, -0.1) is 0 Å². The summed E-state index contributed by atoms with van der Waals surface area (Å²) in [6, 6.07) is 14.1. The normalized spacial score (nSPS) is 13.4. The Labute approximate surface area is 127 Å². The molecule has 2 aromatic carbocycles. The maximum absolute atomic E-state index is 12.6. The molecule has 0 saturated carbocycles. The maximum atomic E-state index is 12.6. The quantitative estimate of drug-likeness (QED) is 0.802. The molecule has 108 valence electrons. The predicted octanol–water partition coefficient (Wildman–Crippen LogP) is 2.73. The van der Waals surface area contributed by atoms with Gasteiger partial charge in [-0.25, -0.2) is 13.1 Å². The molecule has 0 saturated heterocycles. The zero-order valence-corrected chi connectivity index (χ0v) is 12.9. The molecule has 1 atom stereocenters. The minimum Gasteiger partial charge on any atom is -0.207 e. The summed E-state index contributed by atoms with van der Waals surface area (Å²) in [5, 5.41) is 0. The zero-order valence-electron chi connectivity index (χ0n) is 11.2. The molecule has 5 nitrogen and oxygen atoms in total. The molecule has 3 aromatic rings. The van der Waals surface area contributed by atoms with Crippen molar-refractivity contribution in [2.45, 2.75) is 17.9 Å². The highest BCUT2D eigenvalue weighted by atomic mass is 32.2. The smallest absolute Gasteiger partial charge is 0.207 e. The average Bonchev–Trinajstić information content (AvgIpc) is 2.95. The first-order chi connectivity index (χ1) is 10.1. The summed E-state index contributed by atoms with van der Waals surface area (Å²) >= 11 is 1.01. The summed E-state index contributed by atoms with van der Waals surface area (Å²) in [7, 11) is -3.65. The van der Waals surface area contributed by atoms with Gasteiger partial charge in [-0.2, -0.15) is 8.75 Å². The number of rotatable bonds is 4. The van der Waals surface area contributed by atoms with Gasteiger partial charge in [0.15, 0.2) is 0 Å². The molecule has 0 aliphatic rings. The van der Waals surface area contributed by atoms with Gasteiger partial charge in [0.25, 0.3) is 0 Å². The maximum Gasteiger partial charge on any atom is 0.243 e. The monoisotopic (exact) mass is 319 g/mol. The van der Waals surface area contributed by atoms with Crippen LogP contribution in [0.15, 0.2) is 53.4 Å². The van der Waals surface area contributed by atoms with Gasteiger partial charge in [-0.3, -0.25) is 0 Å². The van der Waals surface area contributed by atoms with Crippen LogP contribution in [0.25, 0.3) is 11.0 Å². The Morgan fingerprint density at radius 2 is 1.81 bits per heavy atom. The second-order valence-corrected chi connectivity index (χ2v) is 6.85. The Kier molecular flexibility index (Phi) is 3.71. The van der Waals surface area contributed by atoms with Crippen LogP contribution >= 0.6 is 11.7 Å². The minimum atomic E-state index is -3.65. The van der Waals surface area contributed by atoms with E-state index in [-0.39, 0.29) is 10.9 Å². The number of hydrogen-bond acceptors (Lipinski definition) is 5. The van der Waals surface area contributed by atoms with Crippen molar-refractivity contribution in [3.8, 4) is 0 Å². The highest BCUT2D eigenvalue weighted by molar-refractivity contribution is 7.89. The van der Waals surface area contributed by atoms with Crippen LogP contribution in [0.1, 0.15) is 18.5 Å². The topological polar surface area (TPSA) is 72.0 Å². The first-order valence-electron chi connectivity index (χ1n) is 6.36. The summed E-state index contributed by atoms with van der Waals surface area (Å²) in [5.74, 6) is 0. The van der Waals surface area contributed by atoms with E-state index in [0.717, 1.165) is 17.3 Å². The van der Waals surface area contributed by atoms with Crippen LogP contribution in [-0.4, -0.2) is 17.2 Å². The van der Waals surface area contributed by atoms with Gasteiger partial charge in [-0.05, 0) is 24.6 Å². The number of benzene rings is 2. The molecule has 0 fully saturated rings. The van der Waals surface area contributed by atoms with E-state index in [1.54, 1.807) is 18.2 Å². The molecule has 0 bridgehead atoms. The fraction of sp³-hybridized carbons (Fsp3) is 0.143. The summed E-state index contributed by atoms with van der Waals surface area (Å²) in [6.07, 6.45) is 0. The van der Waals surface area contributed by atoms with Gasteiger partial charge in [0.1, 0.15) is 15.9 Å². The molecule has 0 radical (unpaired) electrons. The molecule has 0 aliphatic carbocycles.